The Morgan fingerprint density at radius 3 is 2.43 bits per heavy atom. The summed E-state index contributed by atoms with van der Waals surface area (Å²) in [5, 5.41) is -3.01. The van der Waals surface area contributed by atoms with Crippen molar-refractivity contribution in [2.45, 2.75) is 23.5 Å². The molecule has 0 aliphatic heterocycles. The molecule has 4 heteroatoms. The van der Waals surface area contributed by atoms with E-state index >= 15 is 0 Å². The van der Waals surface area contributed by atoms with Crippen molar-refractivity contribution in [1.82, 2.24) is 0 Å². The summed E-state index contributed by atoms with van der Waals surface area (Å²) in [5.74, 6) is -0.501. The van der Waals surface area contributed by atoms with Crippen LogP contribution in [0, 0.1) is 0 Å². The number of carbonyl (C=O) groups is 1. The standard InChI is InChI=1S/C10H10F2OS/c1-8(13)7-10(11,12)14-9-5-3-2-4-6-9/h2-6H,7H2,1H3. The van der Waals surface area contributed by atoms with Crippen molar-refractivity contribution >= 4 is 17.5 Å². The zero-order chi connectivity index (χ0) is 10.6. The van der Waals surface area contributed by atoms with E-state index in [9.17, 15) is 13.6 Å². The number of alkyl halides is 2. The minimum Gasteiger partial charge on any atom is -0.300 e. The summed E-state index contributed by atoms with van der Waals surface area (Å²) in [6, 6.07) is 8.32. The Bertz CT molecular complexity index is 311. The number of hydrogen-bond acceptors (Lipinski definition) is 2. The molecule has 14 heavy (non-hydrogen) atoms. The smallest absolute Gasteiger partial charge is 0.300 e. The number of benzene rings is 1. The average molecular weight is 216 g/mol. The largest absolute Gasteiger partial charge is 0.305 e. The summed E-state index contributed by atoms with van der Waals surface area (Å²) in [6.45, 7) is 1.17. The van der Waals surface area contributed by atoms with E-state index in [0.29, 0.717) is 16.7 Å². The summed E-state index contributed by atoms with van der Waals surface area (Å²) in [6.07, 6.45) is -0.716. The number of thioether (sulfide) groups is 1. The summed E-state index contributed by atoms with van der Waals surface area (Å²) in [5.41, 5.74) is 0. The first-order valence-corrected chi connectivity index (χ1v) is 4.92. The third-order valence-corrected chi connectivity index (χ3v) is 2.42. The lowest BCUT2D eigenvalue weighted by Crippen LogP contribution is -2.14. The zero-order valence-electron chi connectivity index (χ0n) is 7.67. The lowest BCUT2D eigenvalue weighted by Gasteiger charge is -2.13. The lowest BCUT2D eigenvalue weighted by atomic mass is 10.3. The maximum Gasteiger partial charge on any atom is 0.305 e. The molecule has 0 spiro atoms. The molecule has 0 N–H and O–H groups in total. The number of halogens is 2. The van der Waals surface area contributed by atoms with Gasteiger partial charge in [0.2, 0.25) is 0 Å². The van der Waals surface area contributed by atoms with E-state index in [2.05, 4.69) is 0 Å². The first-order chi connectivity index (χ1) is 6.49. The summed E-state index contributed by atoms with van der Waals surface area (Å²) < 4.78 is 26.2. The molecule has 0 saturated carbocycles. The van der Waals surface area contributed by atoms with Gasteiger partial charge in [0.1, 0.15) is 5.78 Å². The Labute approximate surface area is 85.5 Å². The Morgan fingerprint density at radius 1 is 1.36 bits per heavy atom. The first kappa shape index (κ1) is 11.2. The van der Waals surface area contributed by atoms with Crippen LogP contribution in [0.1, 0.15) is 13.3 Å². The van der Waals surface area contributed by atoms with Crippen LogP contribution in [0.15, 0.2) is 35.2 Å². The molecule has 0 aliphatic carbocycles. The molecule has 0 radical (unpaired) electrons. The minimum absolute atomic E-state index is 0.420. The van der Waals surface area contributed by atoms with Crippen LogP contribution in [-0.4, -0.2) is 11.0 Å². The third-order valence-electron chi connectivity index (χ3n) is 1.47. The van der Waals surface area contributed by atoms with Gasteiger partial charge in [0.05, 0.1) is 6.42 Å². The molecule has 0 saturated heterocycles. The van der Waals surface area contributed by atoms with Gasteiger partial charge < -0.3 is 0 Å². The Balaban J connectivity index is 2.63. The molecule has 76 valence electrons. The van der Waals surface area contributed by atoms with E-state index in [0.717, 1.165) is 0 Å². The summed E-state index contributed by atoms with van der Waals surface area (Å²) >= 11 is 0.420. The monoisotopic (exact) mass is 216 g/mol. The van der Waals surface area contributed by atoms with Crippen molar-refractivity contribution in [2.75, 3.05) is 0 Å². The van der Waals surface area contributed by atoms with E-state index in [1.54, 1.807) is 30.3 Å². The fraction of sp³-hybridized carbons (Fsp3) is 0.300. The highest BCUT2D eigenvalue weighted by Crippen LogP contribution is 2.38. The molecule has 0 fully saturated rings. The maximum absolute atomic E-state index is 13.1. The van der Waals surface area contributed by atoms with Crippen LogP contribution in [0.3, 0.4) is 0 Å². The van der Waals surface area contributed by atoms with Crippen LogP contribution in [0.2, 0.25) is 0 Å². The predicted octanol–water partition coefficient (Wildman–Crippen LogP) is 3.35. The van der Waals surface area contributed by atoms with Gasteiger partial charge in [-0.25, -0.2) is 0 Å². The van der Waals surface area contributed by atoms with Gasteiger partial charge in [-0.2, -0.15) is 8.78 Å². The molecule has 0 bridgehead atoms. The second-order valence-electron chi connectivity index (χ2n) is 2.93. The van der Waals surface area contributed by atoms with Crippen molar-refractivity contribution in [3.63, 3.8) is 0 Å². The Hall–Kier alpha value is -0.900. The molecule has 0 aliphatic rings. The molecule has 0 amide bonds. The van der Waals surface area contributed by atoms with Crippen molar-refractivity contribution in [1.29, 1.82) is 0 Å². The normalized spacial score (nSPS) is 11.4. The van der Waals surface area contributed by atoms with Crippen LogP contribution >= 0.6 is 11.8 Å². The van der Waals surface area contributed by atoms with Gasteiger partial charge in [0.25, 0.3) is 0 Å². The molecule has 1 aromatic carbocycles. The first-order valence-electron chi connectivity index (χ1n) is 4.11. The maximum atomic E-state index is 13.1. The number of Topliss-reactive ketones (excluding diaryl/α,β-unsaturated/α-hetero) is 1. The fourth-order valence-electron chi connectivity index (χ4n) is 0.987. The van der Waals surface area contributed by atoms with Gasteiger partial charge in [-0.3, -0.25) is 4.79 Å². The number of hydrogen-bond donors (Lipinski definition) is 0. The van der Waals surface area contributed by atoms with Gasteiger partial charge in [0.15, 0.2) is 0 Å². The van der Waals surface area contributed by atoms with Gasteiger partial charge >= 0.3 is 5.25 Å². The van der Waals surface area contributed by atoms with Crippen LogP contribution < -0.4 is 0 Å². The highest BCUT2D eigenvalue weighted by atomic mass is 32.2. The SMILES string of the molecule is CC(=O)CC(F)(F)Sc1ccccc1. The molecular weight excluding hydrogens is 206 g/mol. The molecule has 1 rings (SSSR count). The molecular formula is C10H10F2OS. The van der Waals surface area contributed by atoms with E-state index < -0.39 is 17.5 Å². The molecule has 1 nitrogen and oxygen atoms in total. The predicted molar refractivity (Wildman–Crippen MR) is 52.5 cm³/mol. The highest BCUT2D eigenvalue weighted by molar-refractivity contribution is 8.00. The van der Waals surface area contributed by atoms with Gasteiger partial charge in [-0.1, -0.05) is 30.0 Å². The number of carbonyl (C=O) groups excluding carboxylic acids is 1. The topological polar surface area (TPSA) is 17.1 Å². The van der Waals surface area contributed by atoms with Crippen LogP contribution in [0.5, 0.6) is 0 Å². The Kier molecular flexibility index (Phi) is 3.63. The van der Waals surface area contributed by atoms with E-state index in [4.69, 9.17) is 0 Å². The Morgan fingerprint density at radius 2 is 1.93 bits per heavy atom. The van der Waals surface area contributed by atoms with Crippen molar-refractivity contribution < 1.29 is 13.6 Å². The number of rotatable bonds is 4. The van der Waals surface area contributed by atoms with E-state index in [-0.39, 0.29) is 0 Å². The van der Waals surface area contributed by atoms with Crippen molar-refractivity contribution in [2.24, 2.45) is 0 Å². The zero-order valence-corrected chi connectivity index (χ0v) is 8.48. The quantitative estimate of drug-likeness (QED) is 0.718. The molecule has 0 atom stereocenters. The van der Waals surface area contributed by atoms with Crippen LogP contribution in [0.25, 0.3) is 0 Å². The van der Waals surface area contributed by atoms with Crippen LogP contribution in [-0.2, 0) is 4.79 Å². The lowest BCUT2D eigenvalue weighted by molar-refractivity contribution is -0.120. The third kappa shape index (κ3) is 3.87. The van der Waals surface area contributed by atoms with E-state index in [1.807, 2.05) is 0 Å². The number of ketones is 1. The molecule has 1 aromatic rings. The second kappa shape index (κ2) is 4.55. The minimum atomic E-state index is -3.01. The van der Waals surface area contributed by atoms with Gasteiger partial charge in [-0.15, -0.1) is 0 Å². The highest BCUT2D eigenvalue weighted by Gasteiger charge is 2.31. The molecule has 0 unspecified atom stereocenters. The van der Waals surface area contributed by atoms with Crippen molar-refractivity contribution in [3.8, 4) is 0 Å². The summed E-state index contributed by atoms with van der Waals surface area (Å²) in [7, 11) is 0. The van der Waals surface area contributed by atoms with Crippen molar-refractivity contribution in [3.05, 3.63) is 30.3 Å². The van der Waals surface area contributed by atoms with E-state index in [1.165, 1.54) is 6.92 Å². The van der Waals surface area contributed by atoms with Gasteiger partial charge in [0, 0.05) is 4.90 Å². The fourth-order valence-corrected chi connectivity index (χ4v) is 1.90. The van der Waals surface area contributed by atoms with Gasteiger partial charge in [-0.05, 0) is 19.1 Å². The average Bonchev–Trinajstić information content (AvgIpc) is 2.02. The molecule has 0 heterocycles. The summed E-state index contributed by atoms with van der Waals surface area (Å²) in [4.78, 5) is 11.0. The second-order valence-corrected chi connectivity index (χ2v) is 4.20. The molecule has 0 aromatic heterocycles. The van der Waals surface area contributed by atoms with Crippen LogP contribution in [0.4, 0.5) is 8.78 Å².